The molecule has 16 heavy (non-hydrogen) atoms. The minimum absolute atomic E-state index is 0.0412. The number of hydrogen-bond donors (Lipinski definition) is 0. The Kier molecular flexibility index (Phi) is 3.56. The summed E-state index contributed by atoms with van der Waals surface area (Å²) in [6.07, 6.45) is 0. The van der Waals surface area contributed by atoms with Gasteiger partial charge in [0.15, 0.2) is 5.69 Å². The maximum atomic E-state index is 11.3. The first-order valence-electron chi connectivity index (χ1n) is 4.21. The Bertz CT molecular complexity index is 476. The van der Waals surface area contributed by atoms with Crippen LogP contribution in [0.15, 0.2) is 12.1 Å². The summed E-state index contributed by atoms with van der Waals surface area (Å²) in [4.78, 5) is 26.1. The van der Waals surface area contributed by atoms with Crippen LogP contribution < -0.4 is 0 Å². The molecule has 0 aromatic carbocycles. The number of methoxy groups -OCH3 is 2. The van der Waals surface area contributed by atoms with E-state index in [1.165, 1.54) is 19.2 Å². The molecule has 82 valence electrons. The van der Waals surface area contributed by atoms with Crippen molar-refractivity contribution in [2.75, 3.05) is 14.2 Å². The van der Waals surface area contributed by atoms with Crippen molar-refractivity contribution >= 4 is 11.9 Å². The molecule has 1 rings (SSSR count). The van der Waals surface area contributed by atoms with Gasteiger partial charge in [-0.1, -0.05) is 0 Å². The molecule has 0 atom stereocenters. The number of aromatic nitrogens is 1. The number of esters is 2. The molecule has 0 saturated carbocycles. The zero-order valence-corrected chi connectivity index (χ0v) is 8.68. The van der Waals surface area contributed by atoms with Crippen molar-refractivity contribution in [2.45, 2.75) is 0 Å². The summed E-state index contributed by atoms with van der Waals surface area (Å²) in [7, 11) is 2.36. The monoisotopic (exact) mass is 220 g/mol. The lowest BCUT2D eigenvalue weighted by atomic mass is 10.2. The Morgan fingerprint density at radius 1 is 1.25 bits per heavy atom. The van der Waals surface area contributed by atoms with Crippen LogP contribution in [0.1, 0.15) is 26.5 Å². The van der Waals surface area contributed by atoms with Crippen LogP contribution >= 0.6 is 0 Å². The third-order valence-corrected chi connectivity index (χ3v) is 1.79. The molecule has 0 fully saturated rings. The fraction of sp³-hybridized carbons (Fsp3) is 0.200. The Hall–Kier alpha value is -2.42. The second kappa shape index (κ2) is 4.89. The molecule has 6 nitrogen and oxygen atoms in total. The molecule has 0 saturated heterocycles. The molecule has 0 aliphatic rings. The number of rotatable bonds is 2. The topological polar surface area (TPSA) is 89.3 Å². The van der Waals surface area contributed by atoms with Gasteiger partial charge in [0.25, 0.3) is 0 Å². The summed E-state index contributed by atoms with van der Waals surface area (Å²) < 4.78 is 8.88. The number of nitrogens with zero attached hydrogens (tertiary/aromatic N) is 2. The van der Waals surface area contributed by atoms with E-state index in [4.69, 9.17) is 5.26 Å². The second-order valence-electron chi connectivity index (χ2n) is 2.69. The van der Waals surface area contributed by atoms with Crippen molar-refractivity contribution in [2.24, 2.45) is 0 Å². The fourth-order valence-electron chi connectivity index (χ4n) is 1.02. The first-order chi connectivity index (χ1) is 7.63. The summed E-state index contributed by atoms with van der Waals surface area (Å²) >= 11 is 0. The van der Waals surface area contributed by atoms with Gasteiger partial charge in [0.05, 0.1) is 19.8 Å². The molecule has 1 aromatic heterocycles. The van der Waals surface area contributed by atoms with Crippen LogP contribution in [0.5, 0.6) is 0 Å². The highest BCUT2D eigenvalue weighted by Crippen LogP contribution is 2.09. The van der Waals surface area contributed by atoms with Crippen LogP contribution in [0.3, 0.4) is 0 Å². The summed E-state index contributed by atoms with van der Waals surface area (Å²) in [6.45, 7) is 0. The smallest absolute Gasteiger partial charge is 0.358 e. The van der Waals surface area contributed by atoms with Crippen LogP contribution in [0.4, 0.5) is 0 Å². The predicted octanol–water partition coefficient (Wildman–Crippen LogP) is 0.526. The molecule has 6 heteroatoms. The van der Waals surface area contributed by atoms with Crippen LogP contribution in [0.25, 0.3) is 0 Å². The average Bonchev–Trinajstić information content (AvgIpc) is 2.35. The Morgan fingerprint density at radius 2 is 1.88 bits per heavy atom. The Balaban J connectivity index is 3.28. The average molecular weight is 220 g/mol. The van der Waals surface area contributed by atoms with Gasteiger partial charge in [-0.3, -0.25) is 0 Å². The van der Waals surface area contributed by atoms with Crippen molar-refractivity contribution in [1.82, 2.24) is 4.98 Å². The summed E-state index contributed by atoms with van der Waals surface area (Å²) in [5, 5.41) is 8.74. The van der Waals surface area contributed by atoms with E-state index in [0.29, 0.717) is 0 Å². The third kappa shape index (κ3) is 2.15. The van der Waals surface area contributed by atoms with Gasteiger partial charge in [-0.2, -0.15) is 5.26 Å². The Labute approximate surface area is 91.4 Å². The zero-order valence-electron chi connectivity index (χ0n) is 8.68. The molecule has 1 aromatic rings. The number of carbonyl (C=O) groups is 2. The molecule has 0 radical (unpaired) electrons. The first kappa shape index (κ1) is 11.7. The van der Waals surface area contributed by atoms with E-state index >= 15 is 0 Å². The van der Waals surface area contributed by atoms with Crippen molar-refractivity contribution in [3.05, 3.63) is 29.1 Å². The van der Waals surface area contributed by atoms with Gasteiger partial charge in [-0.25, -0.2) is 14.6 Å². The van der Waals surface area contributed by atoms with Gasteiger partial charge in [0, 0.05) is 0 Å². The molecular formula is C10H8N2O4. The highest BCUT2D eigenvalue weighted by atomic mass is 16.5. The van der Waals surface area contributed by atoms with E-state index in [2.05, 4.69) is 14.5 Å². The van der Waals surface area contributed by atoms with E-state index in [9.17, 15) is 9.59 Å². The largest absolute Gasteiger partial charge is 0.464 e. The van der Waals surface area contributed by atoms with Gasteiger partial charge >= 0.3 is 11.9 Å². The number of carbonyl (C=O) groups excluding carboxylic acids is 2. The minimum atomic E-state index is -0.776. The highest BCUT2D eigenvalue weighted by molar-refractivity contribution is 5.93. The lowest BCUT2D eigenvalue weighted by molar-refractivity contribution is 0.0585. The van der Waals surface area contributed by atoms with E-state index < -0.39 is 11.9 Å². The van der Waals surface area contributed by atoms with Gasteiger partial charge in [0.1, 0.15) is 11.8 Å². The molecule has 1 heterocycles. The molecule has 0 aliphatic carbocycles. The summed E-state index contributed by atoms with van der Waals surface area (Å²) in [5.74, 6) is -1.46. The standard InChI is InChI=1S/C10H8N2O4/c1-15-9(13)7-4-3-6(5-11)8(12-7)10(14)16-2/h3-4H,1-2H3. The van der Waals surface area contributed by atoms with Gasteiger partial charge in [-0.15, -0.1) is 0 Å². The Morgan fingerprint density at radius 3 is 2.38 bits per heavy atom. The van der Waals surface area contributed by atoms with Crippen LogP contribution in [-0.4, -0.2) is 31.1 Å². The first-order valence-corrected chi connectivity index (χ1v) is 4.21. The number of ether oxygens (including phenoxy) is 2. The fourth-order valence-corrected chi connectivity index (χ4v) is 1.02. The zero-order chi connectivity index (χ0) is 12.1. The van der Waals surface area contributed by atoms with E-state index in [-0.39, 0.29) is 17.0 Å². The van der Waals surface area contributed by atoms with Gasteiger partial charge in [0.2, 0.25) is 0 Å². The lowest BCUT2D eigenvalue weighted by Crippen LogP contribution is -2.12. The molecule has 0 amide bonds. The maximum Gasteiger partial charge on any atom is 0.358 e. The van der Waals surface area contributed by atoms with E-state index in [1.807, 2.05) is 0 Å². The summed E-state index contributed by atoms with van der Waals surface area (Å²) in [5.41, 5.74) is -0.214. The predicted molar refractivity (Wildman–Crippen MR) is 51.6 cm³/mol. The third-order valence-electron chi connectivity index (χ3n) is 1.79. The summed E-state index contributed by atoms with van der Waals surface area (Å²) in [6, 6.07) is 4.39. The molecule has 0 aliphatic heterocycles. The van der Waals surface area contributed by atoms with Crippen molar-refractivity contribution in [1.29, 1.82) is 5.26 Å². The number of pyridine rings is 1. The van der Waals surface area contributed by atoms with E-state index in [0.717, 1.165) is 7.11 Å². The molecule has 0 spiro atoms. The minimum Gasteiger partial charge on any atom is -0.464 e. The number of hydrogen-bond acceptors (Lipinski definition) is 6. The van der Waals surface area contributed by atoms with E-state index in [1.54, 1.807) is 6.07 Å². The van der Waals surface area contributed by atoms with Gasteiger partial charge < -0.3 is 9.47 Å². The van der Waals surface area contributed by atoms with Crippen molar-refractivity contribution < 1.29 is 19.1 Å². The molecular weight excluding hydrogens is 212 g/mol. The highest BCUT2D eigenvalue weighted by Gasteiger charge is 2.17. The van der Waals surface area contributed by atoms with Gasteiger partial charge in [-0.05, 0) is 12.1 Å². The quantitative estimate of drug-likeness (QED) is 0.675. The second-order valence-corrected chi connectivity index (χ2v) is 2.69. The van der Waals surface area contributed by atoms with Crippen LogP contribution in [0.2, 0.25) is 0 Å². The van der Waals surface area contributed by atoms with Crippen LogP contribution in [0, 0.1) is 11.3 Å². The maximum absolute atomic E-state index is 11.3. The molecule has 0 unspecified atom stereocenters. The van der Waals surface area contributed by atoms with Crippen molar-refractivity contribution in [3.8, 4) is 6.07 Å². The normalized spacial score (nSPS) is 9.06. The van der Waals surface area contributed by atoms with Crippen molar-refractivity contribution in [3.63, 3.8) is 0 Å². The molecule has 0 N–H and O–H groups in total. The van der Waals surface area contributed by atoms with Crippen LogP contribution in [-0.2, 0) is 9.47 Å². The molecule has 0 bridgehead atoms. The number of nitriles is 1. The lowest BCUT2D eigenvalue weighted by Gasteiger charge is -2.03. The SMILES string of the molecule is COC(=O)c1ccc(C#N)c(C(=O)OC)n1.